The molecule has 10 heteroatoms. The Balaban J connectivity index is 1.20. The van der Waals surface area contributed by atoms with E-state index in [1.165, 1.54) is 6.07 Å². The minimum Gasteiger partial charge on any atom is -0.381 e. The Bertz CT molecular complexity index is 1040. The third-order valence-electron chi connectivity index (χ3n) is 7.96. The van der Waals surface area contributed by atoms with Crippen LogP contribution in [-0.2, 0) is 4.74 Å². The van der Waals surface area contributed by atoms with E-state index in [2.05, 4.69) is 27.3 Å². The lowest BCUT2D eigenvalue weighted by Crippen LogP contribution is -2.62. The number of nitrogens with one attached hydrogen (secondary N) is 1. The van der Waals surface area contributed by atoms with Crippen LogP contribution in [0.2, 0.25) is 0 Å². The predicted molar refractivity (Wildman–Crippen MR) is 125 cm³/mol. The van der Waals surface area contributed by atoms with Gasteiger partial charge >= 0.3 is 0 Å². The smallest absolute Gasteiger partial charge is 0.168 e. The second-order valence-corrected chi connectivity index (χ2v) is 10.3. The summed E-state index contributed by atoms with van der Waals surface area (Å²) in [6.45, 7) is 5.16. The fourth-order valence-corrected chi connectivity index (χ4v) is 5.86. The third kappa shape index (κ3) is 4.24. The van der Waals surface area contributed by atoms with Gasteiger partial charge in [-0.25, -0.2) is 13.2 Å². The molecule has 1 aromatic carbocycles. The van der Waals surface area contributed by atoms with Crippen LogP contribution in [0.3, 0.4) is 0 Å². The van der Waals surface area contributed by atoms with Crippen molar-refractivity contribution in [3.05, 3.63) is 41.7 Å². The molecule has 1 aliphatic carbocycles. The maximum Gasteiger partial charge on any atom is 0.168 e. The number of fused-ring (bicyclic) bond motifs is 1. The van der Waals surface area contributed by atoms with E-state index in [-0.39, 0.29) is 22.7 Å². The predicted octanol–water partition coefficient (Wildman–Crippen LogP) is 3.49. The molecule has 0 bridgehead atoms. The molecule has 34 heavy (non-hydrogen) atoms. The monoisotopic (exact) mass is 466 g/mol. The average molecular weight is 466 g/mol. The molecular formula is C24H27B2F3N4O. The lowest BCUT2D eigenvalue weighted by atomic mass is 9.46. The highest BCUT2D eigenvalue weighted by atomic mass is 19.2. The summed E-state index contributed by atoms with van der Waals surface area (Å²) in [7, 11) is 13.4. The second kappa shape index (κ2) is 8.86. The van der Waals surface area contributed by atoms with E-state index < -0.39 is 22.8 Å². The summed E-state index contributed by atoms with van der Waals surface area (Å²) in [5, 5.41) is 10.6. The van der Waals surface area contributed by atoms with Gasteiger partial charge in [-0.05, 0) is 66.5 Å². The number of hydrogen-bond acceptors (Lipinski definition) is 5. The molecule has 0 amide bonds. The van der Waals surface area contributed by atoms with Crippen molar-refractivity contribution in [2.24, 2.45) is 17.3 Å². The number of benzene rings is 1. The SMILES string of the molecule is [B]C([B])(N1C[C@H]2CC(Nc3ccc(-c4cc(F)cc(F)c4F)nn3)C[C@H]2C1)C1(C)CCCOC1. The molecule has 3 aliphatic rings. The van der Waals surface area contributed by atoms with Crippen molar-refractivity contribution in [1.82, 2.24) is 15.1 Å². The summed E-state index contributed by atoms with van der Waals surface area (Å²) in [5.74, 6) is -1.76. The molecule has 2 saturated heterocycles. The van der Waals surface area contributed by atoms with Crippen LogP contribution in [0.15, 0.2) is 24.3 Å². The Kier molecular flexibility index (Phi) is 6.17. The van der Waals surface area contributed by atoms with Crippen LogP contribution in [-0.4, -0.2) is 68.5 Å². The highest BCUT2D eigenvalue weighted by Gasteiger charge is 2.50. The van der Waals surface area contributed by atoms with E-state index >= 15 is 0 Å². The van der Waals surface area contributed by atoms with E-state index in [0.717, 1.165) is 51.4 Å². The van der Waals surface area contributed by atoms with Crippen molar-refractivity contribution >= 4 is 21.5 Å². The van der Waals surface area contributed by atoms with Crippen LogP contribution < -0.4 is 5.32 Å². The van der Waals surface area contributed by atoms with Crippen LogP contribution in [0, 0.1) is 34.7 Å². The third-order valence-corrected chi connectivity index (χ3v) is 7.96. The average Bonchev–Trinajstić information content (AvgIpc) is 3.36. The molecule has 5 nitrogen and oxygen atoms in total. The van der Waals surface area contributed by atoms with Gasteiger partial charge in [0.05, 0.1) is 28.0 Å². The van der Waals surface area contributed by atoms with E-state index in [0.29, 0.717) is 30.3 Å². The number of ether oxygens (including phenoxy) is 1. The van der Waals surface area contributed by atoms with Crippen LogP contribution in [0.1, 0.15) is 32.6 Å². The molecule has 176 valence electrons. The minimum atomic E-state index is -1.26. The summed E-state index contributed by atoms with van der Waals surface area (Å²) in [5.41, 5.74) is -0.456. The fraction of sp³-hybridized carbons (Fsp3) is 0.583. The molecule has 1 aromatic heterocycles. The Hall–Kier alpha value is -2.06. The molecule has 2 unspecified atom stereocenters. The van der Waals surface area contributed by atoms with Gasteiger partial charge in [-0.2, -0.15) is 0 Å². The van der Waals surface area contributed by atoms with E-state index in [1.54, 1.807) is 6.07 Å². The van der Waals surface area contributed by atoms with Crippen molar-refractivity contribution < 1.29 is 17.9 Å². The van der Waals surface area contributed by atoms with Crippen molar-refractivity contribution in [2.75, 3.05) is 31.6 Å². The summed E-state index contributed by atoms with van der Waals surface area (Å²) in [4.78, 5) is 2.23. The van der Waals surface area contributed by atoms with Gasteiger partial charge in [0.2, 0.25) is 0 Å². The van der Waals surface area contributed by atoms with Gasteiger partial charge in [0, 0.05) is 37.4 Å². The number of likely N-dealkylation sites (tertiary alicyclic amines) is 1. The van der Waals surface area contributed by atoms with Crippen molar-refractivity contribution in [1.29, 1.82) is 0 Å². The molecule has 3 fully saturated rings. The van der Waals surface area contributed by atoms with Gasteiger partial charge in [-0.1, -0.05) is 6.92 Å². The van der Waals surface area contributed by atoms with Gasteiger partial charge in [-0.3, -0.25) is 0 Å². The van der Waals surface area contributed by atoms with E-state index in [4.69, 9.17) is 20.4 Å². The number of hydrogen-bond donors (Lipinski definition) is 1. The van der Waals surface area contributed by atoms with Gasteiger partial charge in [0.1, 0.15) is 11.6 Å². The van der Waals surface area contributed by atoms with Crippen molar-refractivity contribution in [2.45, 2.75) is 44.0 Å². The molecule has 5 rings (SSSR count). The molecule has 4 atom stereocenters. The highest BCUT2D eigenvalue weighted by molar-refractivity contribution is 6.40. The van der Waals surface area contributed by atoms with Gasteiger partial charge in [0.15, 0.2) is 11.6 Å². The second-order valence-electron chi connectivity index (χ2n) is 10.3. The Morgan fingerprint density at radius 2 is 1.85 bits per heavy atom. The van der Waals surface area contributed by atoms with E-state index in [1.807, 2.05) is 0 Å². The van der Waals surface area contributed by atoms with Gasteiger partial charge in [-0.15, -0.1) is 10.2 Å². The number of aromatic nitrogens is 2. The Morgan fingerprint density at radius 1 is 1.12 bits per heavy atom. The van der Waals surface area contributed by atoms with E-state index in [9.17, 15) is 13.2 Å². The molecule has 2 aliphatic heterocycles. The topological polar surface area (TPSA) is 50.3 Å². The summed E-state index contributed by atoms with van der Waals surface area (Å²) >= 11 is 0. The first-order chi connectivity index (χ1) is 16.2. The molecular weight excluding hydrogens is 439 g/mol. The summed E-state index contributed by atoms with van der Waals surface area (Å²) in [6, 6.07) is 4.80. The lowest BCUT2D eigenvalue weighted by Gasteiger charge is -2.53. The van der Waals surface area contributed by atoms with Gasteiger partial charge in [0.25, 0.3) is 0 Å². The first-order valence-electron chi connectivity index (χ1n) is 11.8. The maximum atomic E-state index is 14.0. The fourth-order valence-electron chi connectivity index (χ4n) is 5.86. The standard InChI is InChI=1S/C24H27B2F3N4O/c1-23(5-2-6-34-13-23)24(25,26)33-11-14-7-17(8-15(14)12-33)30-21-4-3-20(31-32-21)18-9-16(27)10-19(28)22(18)29/h3-4,9-10,14-15,17H,2,5-8,11-13H2,1H3,(H,30,32)/t14-,15+,17?,23?. The minimum absolute atomic E-state index is 0.0720. The first-order valence-corrected chi connectivity index (χ1v) is 11.8. The molecule has 0 spiro atoms. The molecule has 3 heterocycles. The first kappa shape index (κ1) is 23.7. The van der Waals surface area contributed by atoms with Crippen molar-refractivity contribution in [3.8, 4) is 11.3 Å². The van der Waals surface area contributed by atoms with Crippen LogP contribution >= 0.6 is 0 Å². The summed E-state index contributed by atoms with van der Waals surface area (Å²) < 4.78 is 46.7. The number of nitrogens with zero attached hydrogens (tertiary/aromatic N) is 3. The molecule has 1 saturated carbocycles. The molecule has 1 N–H and O–H groups in total. The van der Waals surface area contributed by atoms with Crippen LogP contribution in [0.5, 0.6) is 0 Å². The maximum absolute atomic E-state index is 14.0. The highest BCUT2D eigenvalue weighted by Crippen LogP contribution is 2.46. The zero-order chi connectivity index (χ0) is 24.1. The Morgan fingerprint density at radius 3 is 2.47 bits per heavy atom. The largest absolute Gasteiger partial charge is 0.381 e. The van der Waals surface area contributed by atoms with Gasteiger partial charge < -0.3 is 15.0 Å². The van der Waals surface area contributed by atoms with Crippen LogP contribution in [0.4, 0.5) is 19.0 Å². The van der Waals surface area contributed by atoms with Crippen molar-refractivity contribution in [3.63, 3.8) is 0 Å². The Labute approximate surface area is 200 Å². The van der Waals surface area contributed by atoms with Crippen LogP contribution in [0.25, 0.3) is 11.3 Å². The lowest BCUT2D eigenvalue weighted by molar-refractivity contribution is -0.0383. The number of halogens is 3. The zero-order valence-corrected chi connectivity index (χ0v) is 19.2. The number of anilines is 1. The number of rotatable bonds is 5. The molecule has 2 aromatic rings. The quantitative estimate of drug-likeness (QED) is 0.541. The normalized spacial score (nSPS) is 29.8. The summed E-state index contributed by atoms with van der Waals surface area (Å²) in [6.07, 6.45) is 3.84. The zero-order valence-electron chi connectivity index (χ0n) is 19.2. The molecule has 4 radical (unpaired) electrons.